The number of anilines is 1. The van der Waals surface area contributed by atoms with Gasteiger partial charge in [0.05, 0.1) is 18.0 Å². The first-order valence-corrected chi connectivity index (χ1v) is 12.9. The number of halogens is 2. The van der Waals surface area contributed by atoms with Crippen LogP contribution in [0.2, 0.25) is 0 Å². The SMILES string of the molecule is CN(C)[C@H]1C[C@@]23CC[C@]4(O2)C2CC=C(C(=O)Nc5cccnc5)[C@@]2(C)CCC4(F)CC3(F)[C@@H](O)[C@@H]1O. The summed E-state index contributed by atoms with van der Waals surface area (Å²) in [6.45, 7) is 2.00. The Morgan fingerprint density at radius 2 is 2.00 bits per heavy atom. The Bertz CT molecular complexity index is 1120. The maximum atomic E-state index is 17.1. The highest BCUT2D eigenvalue weighted by molar-refractivity contribution is 6.05. The summed E-state index contributed by atoms with van der Waals surface area (Å²) in [5.41, 5.74) is -6.44. The zero-order valence-electron chi connectivity index (χ0n) is 21.0. The third-order valence-corrected chi connectivity index (χ3v) is 10.4. The van der Waals surface area contributed by atoms with E-state index in [9.17, 15) is 15.0 Å². The van der Waals surface area contributed by atoms with Crippen LogP contribution in [0.5, 0.6) is 0 Å². The van der Waals surface area contributed by atoms with Crippen molar-refractivity contribution in [2.75, 3.05) is 19.4 Å². The van der Waals surface area contributed by atoms with Gasteiger partial charge in [-0.1, -0.05) is 13.0 Å². The lowest BCUT2D eigenvalue weighted by atomic mass is 9.51. The molecule has 9 heteroatoms. The van der Waals surface area contributed by atoms with Crippen LogP contribution in [0.1, 0.15) is 51.9 Å². The lowest BCUT2D eigenvalue weighted by Gasteiger charge is -2.65. The average molecular weight is 504 g/mol. The van der Waals surface area contributed by atoms with Crippen molar-refractivity contribution in [2.24, 2.45) is 11.3 Å². The molecule has 3 aliphatic carbocycles. The van der Waals surface area contributed by atoms with Crippen molar-refractivity contribution in [2.45, 2.75) is 92.7 Å². The Labute approximate surface area is 209 Å². The summed E-state index contributed by atoms with van der Waals surface area (Å²) < 4.78 is 40.5. The van der Waals surface area contributed by atoms with Gasteiger partial charge >= 0.3 is 0 Å². The Morgan fingerprint density at radius 1 is 1.22 bits per heavy atom. The van der Waals surface area contributed by atoms with E-state index in [4.69, 9.17) is 4.74 Å². The molecule has 0 radical (unpaired) electrons. The first-order valence-electron chi connectivity index (χ1n) is 12.9. The number of allylic oxidation sites excluding steroid dienone is 1. The summed E-state index contributed by atoms with van der Waals surface area (Å²) in [4.78, 5) is 19.1. The van der Waals surface area contributed by atoms with Gasteiger partial charge in [0.1, 0.15) is 23.0 Å². The van der Waals surface area contributed by atoms with E-state index in [-0.39, 0.29) is 31.1 Å². The van der Waals surface area contributed by atoms with Crippen LogP contribution in [0.4, 0.5) is 14.5 Å². The number of ether oxygens (including phenoxy) is 1. The third kappa shape index (κ3) is 2.86. The number of fused-ring (bicyclic) bond motifs is 1. The summed E-state index contributed by atoms with van der Waals surface area (Å²) >= 11 is 0. The minimum absolute atomic E-state index is 0.0270. The Kier molecular flexibility index (Phi) is 5.12. The molecule has 196 valence electrons. The fourth-order valence-corrected chi connectivity index (χ4v) is 8.51. The fraction of sp³-hybridized carbons (Fsp3) is 0.704. The van der Waals surface area contributed by atoms with Crippen LogP contribution in [-0.4, -0.2) is 80.9 Å². The van der Waals surface area contributed by atoms with Crippen LogP contribution in [0.15, 0.2) is 36.2 Å². The molecular formula is C27H35F2N3O4. The van der Waals surface area contributed by atoms with Crippen molar-refractivity contribution >= 4 is 11.6 Å². The van der Waals surface area contributed by atoms with Crippen LogP contribution in [-0.2, 0) is 9.53 Å². The van der Waals surface area contributed by atoms with Gasteiger partial charge in [0.25, 0.3) is 5.91 Å². The summed E-state index contributed by atoms with van der Waals surface area (Å²) in [6, 6.07) is 3.00. The molecule has 2 saturated heterocycles. The standard InChI is InChI=1S/C27H35F2N3O4/c1-23-8-9-24(28)15-26(29)21(34)20(33)18(32(2)3)13-25(26)10-11-27(24,36-25)19(23)7-6-17(23)22(35)31-16-5-4-12-30-14-16/h4-6,12,14,18-21,33-34H,7-11,13,15H2,1-3H3,(H,31,35)/t18-,19?,20+,21-,23+,24?,25+,26?,27-/m0/s1. The van der Waals surface area contributed by atoms with Gasteiger partial charge in [-0.2, -0.15) is 0 Å². The Balaban J connectivity index is 1.35. The molecule has 3 unspecified atom stereocenters. The molecule has 2 bridgehead atoms. The zero-order valence-corrected chi connectivity index (χ0v) is 21.0. The molecule has 5 aliphatic rings. The molecule has 2 saturated carbocycles. The average Bonchev–Trinajstić information content (AvgIpc) is 3.38. The third-order valence-electron chi connectivity index (χ3n) is 10.4. The maximum absolute atomic E-state index is 17.1. The molecule has 2 aliphatic heterocycles. The monoisotopic (exact) mass is 503 g/mol. The van der Waals surface area contributed by atoms with E-state index in [1.807, 2.05) is 13.0 Å². The van der Waals surface area contributed by atoms with E-state index < -0.39 is 52.6 Å². The molecule has 4 fully saturated rings. The van der Waals surface area contributed by atoms with Crippen LogP contribution >= 0.6 is 0 Å². The first kappa shape index (κ1) is 24.4. The number of aromatic nitrogens is 1. The highest BCUT2D eigenvalue weighted by atomic mass is 19.2. The number of nitrogens with one attached hydrogen (secondary N) is 1. The van der Waals surface area contributed by atoms with Crippen molar-refractivity contribution < 1.29 is 28.5 Å². The van der Waals surface area contributed by atoms with Crippen molar-refractivity contribution in [3.63, 3.8) is 0 Å². The minimum atomic E-state index is -2.38. The number of carbonyl (C=O) groups is 1. The smallest absolute Gasteiger partial charge is 0.251 e. The molecule has 1 aromatic heterocycles. The summed E-state index contributed by atoms with van der Waals surface area (Å²) in [6.07, 6.45) is 3.17. The first-order chi connectivity index (χ1) is 16.9. The van der Waals surface area contributed by atoms with E-state index in [2.05, 4.69) is 10.3 Å². The number of likely N-dealkylation sites (N-methyl/N-ethyl adjacent to an activating group) is 1. The minimum Gasteiger partial charge on any atom is -0.389 e. The molecule has 7 nitrogen and oxygen atoms in total. The number of carbonyl (C=O) groups excluding carboxylic acids is 1. The molecule has 0 aromatic carbocycles. The van der Waals surface area contributed by atoms with Crippen molar-refractivity contribution in [3.05, 3.63) is 36.2 Å². The normalized spacial score (nSPS) is 49.2. The van der Waals surface area contributed by atoms with Gasteiger partial charge in [-0.15, -0.1) is 0 Å². The number of hydrogen-bond donors (Lipinski definition) is 3. The number of alkyl halides is 2. The predicted octanol–water partition coefficient (Wildman–Crippen LogP) is 2.93. The van der Waals surface area contributed by atoms with Gasteiger partial charge in [-0.3, -0.25) is 9.78 Å². The van der Waals surface area contributed by atoms with Gasteiger partial charge in [0.2, 0.25) is 0 Å². The summed E-state index contributed by atoms with van der Waals surface area (Å²) in [7, 11) is 3.56. The van der Waals surface area contributed by atoms with Crippen LogP contribution in [0.3, 0.4) is 0 Å². The van der Waals surface area contributed by atoms with E-state index in [0.29, 0.717) is 30.5 Å². The fourth-order valence-electron chi connectivity index (χ4n) is 8.51. The van der Waals surface area contributed by atoms with Gasteiger partial charge in [0, 0.05) is 35.6 Å². The number of aliphatic hydroxyl groups excluding tert-OH is 2. The molecule has 3 N–H and O–H groups in total. The van der Waals surface area contributed by atoms with E-state index in [1.165, 1.54) is 0 Å². The number of amides is 1. The molecule has 6 rings (SSSR count). The van der Waals surface area contributed by atoms with Crippen LogP contribution in [0.25, 0.3) is 0 Å². The lowest BCUT2D eigenvalue weighted by Crippen LogP contribution is -2.78. The topological polar surface area (TPSA) is 94.9 Å². The summed E-state index contributed by atoms with van der Waals surface area (Å²) in [5.74, 6) is -0.563. The highest BCUT2D eigenvalue weighted by Crippen LogP contribution is 2.73. The summed E-state index contributed by atoms with van der Waals surface area (Å²) in [5, 5.41) is 24.7. The van der Waals surface area contributed by atoms with Crippen molar-refractivity contribution in [1.29, 1.82) is 0 Å². The second-order valence-electron chi connectivity index (χ2n) is 12.2. The van der Waals surface area contributed by atoms with Crippen molar-refractivity contribution in [1.82, 2.24) is 9.88 Å². The second-order valence-corrected chi connectivity index (χ2v) is 12.2. The van der Waals surface area contributed by atoms with Crippen LogP contribution in [0, 0.1) is 11.3 Å². The quantitative estimate of drug-likeness (QED) is 0.587. The molecule has 1 amide bonds. The van der Waals surface area contributed by atoms with Crippen LogP contribution < -0.4 is 5.32 Å². The molecule has 36 heavy (non-hydrogen) atoms. The number of nitrogens with zero attached hydrogens (tertiary/aromatic N) is 2. The second kappa shape index (κ2) is 7.56. The van der Waals surface area contributed by atoms with Gasteiger partial charge in [-0.25, -0.2) is 8.78 Å². The van der Waals surface area contributed by atoms with Crippen molar-refractivity contribution in [3.8, 4) is 0 Å². The molecular weight excluding hydrogens is 468 g/mol. The van der Waals surface area contributed by atoms with Gasteiger partial charge in [-0.05, 0) is 64.8 Å². The number of rotatable bonds is 3. The largest absolute Gasteiger partial charge is 0.389 e. The highest BCUT2D eigenvalue weighted by Gasteiger charge is 2.82. The number of hydrogen-bond acceptors (Lipinski definition) is 6. The van der Waals surface area contributed by atoms with E-state index in [0.717, 1.165) is 0 Å². The molecule has 9 atom stereocenters. The molecule has 3 heterocycles. The number of aliphatic hydroxyl groups is 2. The Morgan fingerprint density at radius 3 is 2.69 bits per heavy atom. The maximum Gasteiger partial charge on any atom is 0.251 e. The zero-order chi connectivity index (χ0) is 25.7. The van der Waals surface area contributed by atoms with E-state index >= 15 is 8.78 Å². The predicted molar refractivity (Wildman–Crippen MR) is 129 cm³/mol. The lowest BCUT2D eigenvalue weighted by molar-refractivity contribution is -0.347. The Hall–Kier alpha value is -1.94. The molecule has 1 aromatic rings. The van der Waals surface area contributed by atoms with E-state index in [1.54, 1.807) is 43.5 Å². The molecule has 2 spiro atoms. The number of pyridine rings is 1. The van der Waals surface area contributed by atoms with Gasteiger partial charge < -0.3 is 25.2 Å². The van der Waals surface area contributed by atoms with Gasteiger partial charge in [0.15, 0.2) is 5.67 Å².